The van der Waals surface area contributed by atoms with Gasteiger partial charge >= 0.3 is 0 Å². The van der Waals surface area contributed by atoms with Crippen LogP contribution in [0.3, 0.4) is 0 Å². The Morgan fingerprint density at radius 1 is 1.33 bits per heavy atom. The fraction of sp³-hybridized carbons (Fsp3) is 0.636. The number of rotatable bonds is 3. The normalized spacial score (nSPS) is 11.4. The van der Waals surface area contributed by atoms with Crippen LogP contribution in [-0.2, 0) is 6.42 Å². The Morgan fingerprint density at radius 2 is 1.93 bits per heavy atom. The lowest BCUT2D eigenvalue weighted by atomic mass is 10.1. The van der Waals surface area contributed by atoms with Crippen LogP contribution >= 0.6 is 22.6 Å². The fourth-order valence-electron chi connectivity index (χ4n) is 1.39. The molecule has 0 fully saturated rings. The van der Waals surface area contributed by atoms with Gasteiger partial charge in [-0.25, -0.2) is 4.98 Å². The molecule has 0 unspecified atom stereocenters. The molecule has 15 heavy (non-hydrogen) atoms. The van der Waals surface area contributed by atoms with Gasteiger partial charge in [0.1, 0.15) is 5.82 Å². The van der Waals surface area contributed by atoms with Crippen molar-refractivity contribution in [1.29, 1.82) is 0 Å². The van der Waals surface area contributed by atoms with Crippen molar-refractivity contribution in [2.75, 3.05) is 0 Å². The molecule has 1 rings (SSSR count). The third-order valence-corrected chi connectivity index (χ3v) is 3.13. The quantitative estimate of drug-likeness (QED) is 0.871. The van der Waals surface area contributed by atoms with Gasteiger partial charge in [0, 0.05) is 6.42 Å². The van der Waals surface area contributed by atoms with Crippen LogP contribution in [0.5, 0.6) is 0 Å². The summed E-state index contributed by atoms with van der Waals surface area (Å²) >= 11 is 2.06. The van der Waals surface area contributed by atoms with Crippen molar-refractivity contribution < 1.29 is 0 Å². The van der Waals surface area contributed by atoms with E-state index < -0.39 is 0 Å². The highest BCUT2D eigenvalue weighted by molar-refractivity contribution is 14.1. The average Bonchev–Trinajstić information content (AvgIpc) is 2.09. The van der Waals surface area contributed by atoms with Gasteiger partial charge in [-0.2, -0.15) is 0 Å². The van der Waals surface area contributed by atoms with Crippen LogP contribution in [-0.4, -0.2) is 9.97 Å². The minimum atomic E-state index is -0.00931. The van der Waals surface area contributed by atoms with E-state index >= 15 is 0 Å². The fourth-order valence-corrected chi connectivity index (χ4v) is 2.27. The Balaban J connectivity index is 3.18. The molecule has 0 bridgehead atoms. The molecule has 0 saturated heterocycles. The molecule has 0 aromatic carbocycles. The predicted octanol–water partition coefficient (Wildman–Crippen LogP) is 2.70. The lowest BCUT2D eigenvalue weighted by Crippen LogP contribution is -2.19. The molecule has 4 heteroatoms. The molecule has 1 aromatic heterocycles. The van der Waals surface area contributed by atoms with Gasteiger partial charge in [-0.05, 0) is 34.4 Å². The van der Waals surface area contributed by atoms with Gasteiger partial charge in [0.2, 0.25) is 0 Å². The molecule has 1 heterocycles. The van der Waals surface area contributed by atoms with Crippen molar-refractivity contribution in [2.45, 2.75) is 40.0 Å². The van der Waals surface area contributed by atoms with Crippen molar-refractivity contribution >= 4 is 22.6 Å². The highest BCUT2D eigenvalue weighted by Crippen LogP contribution is 2.16. The molecule has 84 valence electrons. The Labute approximate surface area is 104 Å². The molecule has 0 amide bonds. The molecular formula is C11H17IN2O. The monoisotopic (exact) mass is 320 g/mol. The van der Waals surface area contributed by atoms with E-state index in [0.717, 1.165) is 21.5 Å². The van der Waals surface area contributed by atoms with Gasteiger partial charge in [-0.3, -0.25) is 4.79 Å². The third kappa shape index (κ3) is 3.29. The van der Waals surface area contributed by atoms with E-state index in [1.807, 2.05) is 0 Å². The zero-order valence-electron chi connectivity index (χ0n) is 9.60. The van der Waals surface area contributed by atoms with Crippen LogP contribution in [0.1, 0.15) is 45.1 Å². The molecule has 0 saturated carbocycles. The predicted molar refractivity (Wildman–Crippen MR) is 70.2 cm³/mol. The first-order chi connectivity index (χ1) is 6.91. The molecule has 1 aromatic rings. The zero-order valence-corrected chi connectivity index (χ0v) is 11.8. The Bertz CT molecular complexity index is 396. The largest absolute Gasteiger partial charge is 0.310 e. The number of hydrogen-bond acceptors (Lipinski definition) is 2. The summed E-state index contributed by atoms with van der Waals surface area (Å²) < 4.78 is 0.718. The number of nitrogens with one attached hydrogen (secondary N) is 1. The average molecular weight is 320 g/mol. The molecule has 0 aliphatic heterocycles. The first-order valence-electron chi connectivity index (χ1n) is 5.20. The summed E-state index contributed by atoms with van der Waals surface area (Å²) in [5, 5.41) is 0. The smallest absolute Gasteiger partial charge is 0.264 e. The number of nitrogens with zero attached hydrogens (tertiary/aromatic N) is 1. The molecular weight excluding hydrogens is 303 g/mol. The minimum Gasteiger partial charge on any atom is -0.310 e. The summed E-state index contributed by atoms with van der Waals surface area (Å²) in [6.45, 7) is 8.35. The molecule has 1 N–H and O–H groups in total. The van der Waals surface area contributed by atoms with E-state index in [1.165, 1.54) is 0 Å². The molecule has 0 aliphatic rings. The van der Waals surface area contributed by atoms with Gasteiger partial charge in [0.25, 0.3) is 5.56 Å². The van der Waals surface area contributed by atoms with E-state index in [1.54, 1.807) is 0 Å². The van der Waals surface area contributed by atoms with E-state index in [2.05, 4.69) is 60.3 Å². The summed E-state index contributed by atoms with van der Waals surface area (Å²) in [6, 6.07) is 0. The van der Waals surface area contributed by atoms with E-state index in [0.29, 0.717) is 11.8 Å². The number of aromatic amines is 1. The highest BCUT2D eigenvalue weighted by atomic mass is 127. The maximum absolute atomic E-state index is 11.6. The van der Waals surface area contributed by atoms with Gasteiger partial charge in [0.15, 0.2) is 0 Å². The van der Waals surface area contributed by atoms with Crippen molar-refractivity contribution in [3.63, 3.8) is 0 Å². The second-order valence-corrected chi connectivity index (χ2v) is 5.54. The first-order valence-corrected chi connectivity index (χ1v) is 6.28. The van der Waals surface area contributed by atoms with Crippen LogP contribution in [0, 0.1) is 9.49 Å². The number of H-pyrrole nitrogens is 1. The lowest BCUT2D eigenvalue weighted by Gasteiger charge is -2.10. The molecule has 0 atom stereocenters. The van der Waals surface area contributed by atoms with Crippen molar-refractivity contribution in [3.8, 4) is 0 Å². The van der Waals surface area contributed by atoms with Crippen molar-refractivity contribution in [2.24, 2.45) is 5.92 Å². The number of aromatic nitrogens is 2. The first kappa shape index (κ1) is 12.7. The maximum Gasteiger partial charge on any atom is 0.264 e. The summed E-state index contributed by atoms with van der Waals surface area (Å²) in [6.07, 6.45) is 0.825. The van der Waals surface area contributed by atoms with Crippen LogP contribution in [0.4, 0.5) is 0 Å². The van der Waals surface area contributed by atoms with Crippen molar-refractivity contribution in [1.82, 2.24) is 9.97 Å². The van der Waals surface area contributed by atoms with Crippen molar-refractivity contribution in [3.05, 3.63) is 25.4 Å². The van der Waals surface area contributed by atoms with Crippen LogP contribution in [0.25, 0.3) is 0 Å². The van der Waals surface area contributed by atoms with Gasteiger partial charge < -0.3 is 4.98 Å². The number of hydrogen-bond donors (Lipinski definition) is 1. The third-order valence-electron chi connectivity index (χ3n) is 2.09. The standard InChI is InChI=1S/C11H17IN2O/c1-6(2)5-8-13-10(7(3)4)9(12)11(15)14-8/h6-7H,5H2,1-4H3,(H,13,14,15). The SMILES string of the molecule is CC(C)Cc1nc(C(C)C)c(I)c(=O)[nH]1. The van der Waals surface area contributed by atoms with E-state index in [4.69, 9.17) is 0 Å². The second-order valence-electron chi connectivity index (χ2n) is 4.46. The minimum absolute atomic E-state index is 0.00931. The van der Waals surface area contributed by atoms with Gasteiger partial charge in [-0.15, -0.1) is 0 Å². The van der Waals surface area contributed by atoms with Crippen LogP contribution in [0.2, 0.25) is 0 Å². The van der Waals surface area contributed by atoms with E-state index in [9.17, 15) is 4.79 Å². The Hall–Kier alpha value is -0.390. The summed E-state index contributed by atoms with van der Waals surface area (Å²) in [7, 11) is 0. The van der Waals surface area contributed by atoms with Gasteiger partial charge in [-0.1, -0.05) is 27.7 Å². The maximum atomic E-state index is 11.6. The molecule has 0 spiro atoms. The van der Waals surface area contributed by atoms with E-state index in [-0.39, 0.29) is 5.56 Å². The molecule has 3 nitrogen and oxygen atoms in total. The lowest BCUT2D eigenvalue weighted by molar-refractivity contribution is 0.610. The number of halogens is 1. The van der Waals surface area contributed by atoms with Crippen LogP contribution in [0.15, 0.2) is 4.79 Å². The topological polar surface area (TPSA) is 45.8 Å². The highest BCUT2D eigenvalue weighted by Gasteiger charge is 2.12. The Morgan fingerprint density at radius 3 is 2.40 bits per heavy atom. The van der Waals surface area contributed by atoms with Gasteiger partial charge in [0.05, 0.1) is 9.26 Å². The Kier molecular flexibility index (Phi) is 4.31. The summed E-state index contributed by atoms with van der Waals surface area (Å²) in [5.74, 6) is 1.61. The van der Waals surface area contributed by atoms with Crippen LogP contribution < -0.4 is 5.56 Å². The zero-order chi connectivity index (χ0) is 11.6. The molecule has 0 radical (unpaired) electrons. The second kappa shape index (κ2) is 5.09. The molecule has 0 aliphatic carbocycles. The summed E-state index contributed by atoms with van der Waals surface area (Å²) in [4.78, 5) is 19.0. The summed E-state index contributed by atoms with van der Waals surface area (Å²) in [5.41, 5.74) is 0.903.